The third-order valence-corrected chi connectivity index (χ3v) is 3.69. The Labute approximate surface area is 100 Å². The van der Waals surface area contributed by atoms with Gasteiger partial charge in [0.25, 0.3) is 0 Å². The summed E-state index contributed by atoms with van der Waals surface area (Å²) in [6.45, 7) is 4.07. The predicted molar refractivity (Wildman–Crippen MR) is 67.3 cm³/mol. The lowest BCUT2D eigenvalue weighted by molar-refractivity contribution is 0.995. The van der Waals surface area contributed by atoms with E-state index in [9.17, 15) is 0 Å². The molecule has 1 atom stereocenters. The summed E-state index contributed by atoms with van der Waals surface area (Å²) in [5.41, 5.74) is 3.00. The van der Waals surface area contributed by atoms with Crippen molar-refractivity contribution in [1.82, 2.24) is 14.5 Å². The van der Waals surface area contributed by atoms with Crippen LogP contribution in [0.4, 0.5) is 0 Å². The molecular formula is C8H8Br2N3P. The van der Waals surface area contributed by atoms with E-state index >= 15 is 0 Å². The Morgan fingerprint density at radius 2 is 2.14 bits per heavy atom. The van der Waals surface area contributed by atoms with Gasteiger partial charge in [-0.15, -0.1) is 0 Å². The van der Waals surface area contributed by atoms with Crippen molar-refractivity contribution in [2.75, 3.05) is 6.66 Å². The Morgan fingerprint density at radius 3 is 2.79 bits per heavy atom. The van der Waals surface area contributed by atoms with E-state index in [1.165, 1.54) is 0 Å². The number of fused-ring (bicyclic) bond motifs is 1. The van der Waals surface area contributed by atoms with Crippen molar-refractivity contribution in [3.8, 4) is 0 Å². The minimum absolute atomic E-state index is 0.618. The summed E-state index contributed by atoms with van der Waals surface area (Å²) in [5.74, 6) is 0. The van der Waals surface area contributed by atoms with Crippen molar-refractivity contribution in [2.24, 2.45) is 0 Å². The summed E-state index contributed by atoms with van der Waals surface area (Å²) in [5, 5.41) is 4.43. The second kappa shape index (κ2) is 3.87. The molecule has 0 saturated carbocycles. The molecule has 0 amide bonds. The van der Waals surface area contributed by atoms with Crippen LogP contribution in [0.25, 0.3) is 11.0 Å². The van der Waals surface area contributed by atoms with Gasteiger partial charge in [-0.2, -0.15) is 5.10 Å². The van der Waals surface area contributed by atoms with Crippen LogP contribution in [0.2, 0.25) is 0 Å². The fourth-order valence-electron chi connectivity index (χ4n) is 1.34. The molecule has 1 unspecified atom stereocenters. The highest BCUT2D eigenvalue weighted by Gasteiger charge is 2.11. The molecule has 2 heterocycles. The molecule has 0 N–H and O–H groups in total. The number of aryl methyl sites for hydroxylation is 1. The first kappa shape index (κ1) is 10.5. The van der Waals surface area contributed by atoms with Crippen LogP contribution in [-0.2, 0) is 0 Å². The molecule has 74 valence electrons. The first-order chi connectivity index (χ1) is 6.63. The van der Waals surface area contributed by atoms with Crippen LogP contribution in [0, 0.1) is 6.92 Å². The number of pyridine rings is 1. The smallest absolute Gasteiger partial charge is 0.114 e. The molecule has 2 rings (SSSR count). The summed E-state index contributed by atoms with van der Waals surface area (Å²) >= 11 is 6.90. The van der Waals surface area contributed by atoms with Gasteiger partial charge in [0.1, 0.15) is 15.6 Å². The average molecular weight is 337 g/mol. The van der Waals surface area contributed by atoms with Crippen LogP contribution < -0.4 is 0 Å². The highest BCUT2D eigenvalue weighted by molar-refractivity contribution is 9.11. The van der Waals surface area contributed by atoms with Crippen molar-refractivity contribution >= 4 is 51.6 Å². The maximum absolute atomic E-state index is 4.43. The van der Waals surface area contributed by atoms with Crippen molar-refractivity contribution in [3.63, 3.8) is 0 Å². The van der Waals surface area contributed by atoms with Crippen LogP contribution in [0.15, 0.2) is 15.1 Å². The lowest BCUT2D eigenvalue weighted by Crippen LogP contribution is -1.86. The van der Waals surface area contributed by atoms with Gasteiger partial charge in [0.15, 0.2) is 0 Å². The quantitative estimate of drug-likeness (QED) is 0.590. The topological polar surface area (TPSA) is 30.7 Å². The Kier molecular flexibility index (Phi) is 2.91. The Balaban J connectivity index is 2.89. The fourth-order valence-corrected chi connectivity index (χ4v) is 3.49. The molecule has 0 aliphatic rings. The number of hydrogen-bond donors (Lipinski definition) is 0. The highest BCUT2D eigenvalue weighted by atomic mass is 79.9. The molecular weight excluding hydrogens is 329 g/mol. The van der Waals surface area contributed by atoms with Crippen molar-refractivity contribution < 1.29 is 0 Å². The van der Waals surface area contributed by atoms with Gasteiger partial charge < -0.3 is 0 Å². The number of rotatable bonds is 1. The van der Waals surface area contributed by atoms with E-state index in [4.69, 9.17) is 0 Å². The van der Waals surface area contributed by atoms with E-state index in [1.807, 2.05) is 17.4 Å². The number of nitrogens with zero attached hydrogens (tertiary/aromatic N) is 3. The van der Waals surface area contributed by atoms with Crippen LogP contribution in [0.1, 0.15) is 5.69 Å². The first-order valence-electron chi connectivity index (χ1n) is 4.02. The molecule has 14 heavy (non-hydrogen) atoms. The molecule has 2 aromatic heterocycles. The molecule has 0 spiro atoms. The van der Waals surface area contributed by atoms with Gasteiger partial charge in [-0.3, -0.25) is 0 Å². The highest BCUT2D eigenvalue weighted by Crippen LogP contribution is 2.30. The van der Waals surface area contributed by atoms with Gasteiger partial charge in [0, 0.05) is 13.2 Å². The molecule has 0 aliphatic heterocycles. The minimum Gasteiger partial charge on any atom is -0.245 e. The van der Waals surface area contributed by atoms with Crippen LogP contribution in [0.3, 0.4) is 0 Å². The maximum atomic E-state index is 4.43. The number of halogens is 2. The zero-order chi connectivity index (χ0) is 10.3. The average Bonchev–Trinajstić information content (AvgIpc) is 2.43. The summed E-state index contributed by atoms with van der Waals surface area (Å²) in [7, 11) is 0.618. The largest absolute Gasteiger partial charge is 0.245 e. The van der Waals surface area contributed by atoms with Crippen LogP contribution in [0.5, 0.6) is 0 Å². The van der Waals surface area contributed by atoms with E-state index in [0.717, 1.165) is 25.8 Å². The van der Waals surface area contributed by atoms with Gasteiger partial charge in [-0.05, 0) is 51.5 Å². The normalized spacial score (nSPS) is 12.0. The third kappa shape index (κ3) is 1.62. The number of aromatic nitrogens is 3. The SMILES string of the molecule is CPn1nc(C)c2nc(Br)cc(Br)c21. The van der Waals surface area contributed by atoms with Crippen LogP contribution >= 0.6 is 40.6 Å². The molecule has 0 saturated heterocycles. The van der Waals surface area contributed by atoms with Crippen molar-refractivity contribution in [3.05, 3.63) is 20.8 Å². The monoisotopic (exact) mass is 335 g/mol. The Hall–Kier alpha value is 0.01000. The lowest BCUT2D eigenvalue weighted by Gasteiger charge is -2.00. The molecule has 0 aromatic carbocycles. The lowest BCUT2D eigenvalue weighted by atomic mass is 10.3. The zero-order valence-corrected chi connectivity index (χ0v) is 11.8. The maximum Gasteiger partial charge on any atom is 0.114 e. The van der Waals surface area contributed by atoms with Crippen molar-refractivity contribution in [1.29, 1.82) is 0 Å². The summed E-state index contributed by atoms with van der Waals surface area (Å²) < 4.78 is 3.84. The van der Waals surface area contributed by atoms with E-state index < -0.39 is 0 Å². The minimum atomic E-state index is 0.618. The van der Waals surface area contributed by atoms with E-state index in [1.54, 1.807) is 0 Å². The third-order valence-electron chi connectivity index (χ3n) is 1.93. The second-order valence-corrected chi connectivity index (χ2v) is 5.38. The predicted octanol–water partition coefficient (Wildman–Crippen LogP) is 3.34. The van der Waals surface area contributed by atoms with Gasteiger partial charge in [0.2, 0.25) is 0 Å². The number of hydrogen-bond acceptors (Lipinski definition) is 2. The van der Waals surface area contributed by atoms with Crippen molar-refractivity contribution in [2.45, 2.75) is 6.92 Å². The van der Waals surface area contributed by atoms with E-state index in [-0.39, 0.29) is 0 Å². The van der Waals surface area contributed by atoms with E-state index in [2.05, 4.69) is 48.6 Å². The summed E-state index contributed by atoms with van der Waals surface area (Å²) in [6, 6.07) is 1.94. The molecule has 2 aromatic rings. The molecule has 0 bridgehead atoms. The Bertz CT molecular complexity index is 495. The standard InChI is InChI=1S/C8H8Br2N3P/c1-4-7-8(13(12-4)14-2)5(9)3-6(10)11-7/h3,14H,1-2H3. The summed E-state index contributed by atoms with van der Waals surface area (Å²) in [4.78, 5) is 4.41. The molecule has 3 nitrogen and oxygen atoms in total. The first-order valence-corrected chi connectivity index (χ1v) is 7.06. The second-order valence-electron chi connectivity index (χ2n) is 2.84. The van der Waals surface area contributed by atoms with Gasteiger partial charge in [-0.25, -0.2) is 9.44 Å². The van der Waals surface area contributed by atoms with Gasteiger partial charge in [-0.1, -0.05) is 0 Å². The van der Waals surface area contributed by atoms with E-state index in [0.29, 0.717) is 8.73 Å². The molecule has 0 fully saturated rings. The van der Waals surface area contributed by atoms with Gasteiger partial charge >= 0.3 is 0 Å². The van der Waals surface area contributed by atoms with Gasteiger partial charge in [0.05, 0.1) is 5.69 Å². The molecule has 0 radical (unpaired) electrons. The molecule has 0 aliphatic carbocycles. The zero-order valence-electron chi connectivity index (χ0n) is 7.67. The fraction of sp³-hybridized carbons (Fsp3) is 0.250. The molecule has 6 heteroatoms. The summed E-state index contributed by atoms with van der Waals surface area (Å²) in [6.07, 6.45) is 0. The Morgan fingerprint density at radius 1 is 1.43 bits per heavy atom. The van der Waals surface area contributed by atoms with Crippen LogP contribution in [-0.4, -0.2) is 21.2 Å².